The number of carbonyl (C=O) groups excluding carboxylic acids is 3. The standard InChI is InChI=1S/C65H108O6/c1-4-7-10-13-16-19-22-24-26-28-30-31-32-33-34-35-36-38-39-41-43-46-49-52-55-58-64(67)70-61-62(60-69-63(66)57-54-51-48-45-21-18-15-12-9-6-3)71-65(68)59-56-53-50-47-44-42-40-37-29-27-25-23-20-17-14-11-8-5-2/h7,10,12,15-16,19,24,26-27,29-31,33-34,36,38,41,43,62H,4-6,8-9,11,13-14,17-18,20-23,25,28,32,35,37,39-40,42,44-61H2,1-3H3/b10-7-,15-12-,19-16-,26-24-,29-27-,31-30-,34-33-,38-36-,43-41-. The highest BCUT2D eigenvalue weighted by atomic mass is 16.6. The second-order valence-electron chi connectivity index (χ2n) is 19.2. The zero-order chi connectivity index (χ0) is 51.4. The van der Waals surface area contributed by atoms with E-state index in [0.29, 0.717) is 19.3 Å². The Labute approximate surface area is 438 Å². The lowest BCUT2D eigenvalue weighted by atomic mass is 10.1. The lowest BCUT2D eigenvalue weighted by Crippen LogP contribution is -2.30. The first-order valence-electron chi connectivity index (χ1n) is 29.4. The molecule has 71 heavy (non-hydrogen) atoms. The molecule has 0 saturated carbocycles. The van der Waals surface area contributed by atoms with Crippen molar-refractivity contribution in [3.8, 4) is 0 Å². The van der Waals surface area contributed by atoms with Crippen LogP contribution in [-0.4, -0.2) is 37.2 Å². The molecule has 0 spiro atoms. The molecule has 0 aromatic rings. The van der Waals surface area contributed by atoms with Gasteiger partial charge < -0.3 is 14.2 Å². The van der Waals surface area contributed by atoms with Gasteiger partial charge in [0, 0.05) is 19.3 Å². The summed E-state index contributed by atoms with van der Waals surface area (Å²) in [6, 6.07) is 0. The maximum atomic E-state index is 12.8. The molecule has 0 rings (SSSR count). The predicted octanol–water partition coefficient (Wildman–Crippen LogP) is 19.9. The van der Waals surface area contributed by atoms with Crippen LogP contribution >= 0.6 is 0 Å². The third-order valence-electron chi connectivity index (χ3n) is 12.2. The summed E-state index contributed by atoms with van der Waals surface area (Å²) in [4.78, 5) is 38.1. The molecule has 0 saturated heterocycles. The zero-order valence-electron chi connectivity index (χ0n) is 46.2. The number of rotatable bonds is 52. The van der Waals surface area contributed by atoms with Gasteiger partial charge in [0.05, 0.1) is 0 Å². The summed E-state index contributed by atoms with van der Waals surface area (Å²) in [5.41, 5.74) is 0. The summed E-state index contributed by atoms with van der Waals surface area (Å²) >= 11 is 0. The Hall–Kier alpha value is -3.93. The summed E-state index contributed by atoms with van der Waals surface area (Å²) in [6.45, 7) is 6.43. The lowest BCUT2D eigenvalue weighted by Gasteiger charge is -2.18. The van der Waals surface area contributed by atoms with E-state index in [9.17, 15) is 14.4 Å². The van der Waals surface area contributed by atoms with Crippen LogP contribution in [0.15, 0.2) is 109 Å². The highest BCUT2D eigenvalue weighted by Gasteiger charge is 2.19. The van der Waals surface area contributed by atoms with E-state index in [4.69, 9.17) is 14.2 Å². The van der Waals surface area contributed by atoms with Crippen LogP contribution < -0.4 is 0 Å². The van der Waals surface area contributed by atoms with E-state index in [2.05, 4.69) is 130 Å². The van der Waals surface area contributed by atoms with Crippen LogP contribution in [0.25, 0.3) is 0 Å². The molecule has 0 aromatic heterocycles. The van der Waals surface area contributed by atoms with Crippen LogP contribution in [0.2, 0.25) is 0 Å². The molecule has 6 heteroatoms. The fourth-order valence-electron chi connectivity index (χ4n) is 7.83. The molecule has 0 aliphatic carbocycles. The van der Waals surface area contributed by atoms with Crippen molar-refractivity contribution in [3.63, 3.8) is 0 Å². The Balaban J connectivity index is 4.38. The van der Waals surface area contributed by atoms with Crippen molar-refractivity contribution in [2.45, 2.75) is 271 Å². The first-order chi connectivity index (χ1) is 35.0. The third kappa shape index (κ3) is 56.9. The topological polar surface area (TPSA) is 78.9 Å². The van der Waals surface area contributed by atoms with Gasteiger partial charge in [0.15, 0.2) is 6.10 Å². The average Bonchev–Trinajstić information content (AvgIpc) is 3.37. The Morgan fingerprint density at radius 3 is 0.944 bits per heavy atom. The third-order valence-corrected chi connectivity index (χ3v) is 12.2. The minimum Gasteiger partial charge on any atom is -0.462 e. The van der Waals surface area contributed by atoms with Gasteiger partial charge in [-0.1, -0.05) is 233 Å². The molecule has 1 atom stereocenters. The Bertz CT molecular complexity index is 1460. The number of esters is 3. The van der Waals surface area contributed by atoms with Crippen molar-refractivity contribution in [2.75, 3.05) is 13.2 Å². The molecule has 0 fully saturated rings. The largest absolute Gasteiger partial charge is 0.462 e. The van der Waals surface area contributed by atoms with Gasteiger partial charge in [0.25, 0.3) is 0 Å². The van der Waals surface area contributed by atoms with Crippen molar-refractivity contribution in [2.24, 2.45) is 0 Å². The second kappa shape index (κ2) is 58.6. The quantitative estimate of drug-likeness (QED) is 0.0261. The van der Waals surface area contributed by atoms with Gasteiger partial charge in [-0.05, 0) is 122 Å². The van der Waals surface area contributed by atoms with Gasteiger partial charge in [-0.15, -0.1) is 0 Å². The molecule has 0 heterocycles. The van der Waals surface area contributed by atoms with Gasteiger partial charge in [0.2, 0.25) is 0 Å². The highest BCUT2D eigenvalue weighted by molar-refractivity contribution is 5.71. The Morgan fingerprint density at radius 1 is 0.296 bits per heavy atom. The van der Waals surface area contributed by atoms with E-state index >= 15 is 0 Å². The molecule has 0 bridgehead atoms. The van der Waals surface area contributed by atoms with Crippen LogP contribution in [0, 0.1) is 0 Å². The first kappa shape index (κ1) is 67.1. The second-order valence-corrected chi connectivity index (χ2v) is 19.2. The fraction of sp³-hybridized carbons (Fsp3) is 0.677. The molecule has 6 nitrogen and oxygen atoms in total. The summed E-state index contributed by atoms with van der Waals surface area (Å²) in [5, 5.41) is 0. The number of unbranched alkanes of at least 4 members (excludes halogenated alkanes) is 23. The van der Waals surface area contributed by atoms with Crippen LogP contribution in [0.5, 0.6) is 0 Å². The van der Waals surface area contributed by atoms with E-state index in [1.165, 1.54) is 96.3 Å². The van der Waals surface area contributed by atoms with Crippen molar-refractivity contribution < 1.29 is 28.6 Å². The van der Waals surface area contributed by atoms with Crippen LogP contribution in [0.3, 0.4) is 0 Å². The van der Waals surface area contributed by atoms with E-state index in [-0.39, 0.29) is 31.1 Å². The molecule has 404 valence electrons. The van der Waals surface area contributed by atoms with Crippen molar-refractivity contribution in [3.05, 3.63) is 109 Å². The maximum absolute atomic E-state index is 12.8. The summed E-state index contributed by atoms with van der Waals surface area (Å²) in [5.74, 6) is -0.944. The minimum atomic E-state index is -0.799. The van der Waals surface area contributed by atoms with Crippen molar-refractivity contribution in [1.29, 1.82) is 0 Å². The van der Waals surface area contributed by atoms with Crippen LogP contribution in [-0.2, 0) is 28.6 Å². The average molecular weight is 986 g/mol. The number of allylic oxidation sites excluding steroid dienone is 18. The van der Waals surface area contributed by atoms with Crippen LogP contribution in [0.4, 0.5) is 0 Å². The molecular formula is C65H108O6. The Kier molecular flexibility index (Phi) is 55.4. The fourth-order valence-corrected chi connectivity index (χ4v) is 7.83. The molecule has 0 aliphatic rings. The summed E-state index contributed by atoms with van der Waals surface area (Å²) in [7, 11) is 0. The maximum Gasteiger partial charge on any atom is 0.306 e. The number of hydrogen-bond donors (Lipinski definition) is 0. The zero-order valence-corrected chi connectivity index (χ0v) is 46.2. The predicted molar refractivity (Wildman–Crippen MR) is 307 cm³/mol. The van der Waals surface area contributed by atoms with E-state index < -0.39 is 6.10 Å². The molecule has 1 unspecified atom stereocenters. The summed E-state index contributed by atoms with van der Waals surface area (Å²) in [6.07, 6.45) is 79.4. The molecule has 0 aromatic carbocycles. The van der Waals surface area contributed by atoms with E-state index in [1.807, 2.05) is 0 Å². The normalized spacial score (nSPS) is 12.9. The number of ether oxygens (including phenoxy) is 3. The monoisotopic (exact) mass is 985 g/mol. The molecular weight excluding hydrogens is 877 g/mol. The van der Waals surface area contributed by atoms with E-state index in [1.54, 1.807) is 0 Å². The van der Waals surface area contributed by atoms with E-state index in [0.717, 1.165) is 128 Å². The van der Waals surface area contributed by atoms with Gasteiger partial charge in [-0.3, -0.25) is 14.4 Å². The number of hydrogen-bond acceptors (Lipinski definition) is 6. The highest BCUT2D eigenvalue weighted by Crippen LogP contribution is 2.14. The molecule has 0 radical (unpaired) electrons. The van der Waals surface area contributed by atoms with Gasteiger partial charge >= 0.3 is 17.9 Å². The summed E-state index contributed by atoms with van der Waals surface area (Å²) < 4.78 is 16.8. The first-order valence-corrected chi connectivity index (χ1v) is 29.4. The van der Waals surface area contributed by atoms with Crippen LogP contribution in [0.1, 0.15) is 265 Å². The molecule has 0 N–H and O–H groups in total. The van der Waals surface area contributed by atoms with Gasteiger partial charge in [0.1, 0.15) is 13.2 Å². The molecule has 0 aliphatic heterocycles. The van der Waals surface area contributed by atoms with Crippen molar-refractivity contribution in [1.82, 2.24) is 0 Å². The van der Waals surface area contributed by atoms with Gasteiger partial charge in [-0.2, -0.15) is 0 Å². The minimum absolute atomic E-state index is 0.0961. The van der Waals surface area contributed by atoms with Gasteiger partial charge in [-0.25, -0.2) is 0 Å². The van der Waals surface area contributed by atoms with Crippen molar-refractivity contribution >= 4 is 17.9 Å². The number of carbonyl (C=O) groups is 3. The SMILES string of the molecule is CC/C=C\C/C=C\C/C=C\C/C=C\C/C=C\C/C=C\C/C=C\CCCCCC(=O)OCC(COC(=O)CCCCCCC/C=C\CCC)OC(=O)CCCCCCCCC/C=C\CCCCCCCCC. The Morgan fingerprint density at radius 2 is 0.577 bits per heavy atom. The molecule has 0 amide bonds. The lowest BCUT2D eigenvalue weighted by molar-refractivity contribution is -0.167. The smallest absolute Gasteiger partial charge is 0.306 e.